The lowest BCUT2D eigenvalue weighted by molar-refractivity contribution is 0.149. The molecule has 2 rings (SSSR count). The fourth-order valence-electron chi connectivity index (χ4n) is 1.49. The lowest BCUT2D eigenvalue weighted by Gasteiger charge is -1.96. The number of benzene rings is 1. The van der Waals surface area contributed by atoms with E-state index >= 15 is 0 Å². The number of hydrogen-bond acceptors (Lipinski definition) is 2. The van der Waals surface area contributed by atoms with Gasteiger partial charge in [-0.1, -0.05) is 23.2 Å². The maximum atomic E-state index is 5.92. The first-order chi connectivity index (χ1) is 7.70. The maximum Gasteiger partial charge on any atom is 0.109 e. The van der Waals surface area contributed by atoms with Gasteiger partial charge >= 0.3 is 0 Å². The Bertz CT molecular complexity index is 457. The van der Waals surface area contributed by atoms with Crippen LogP contribution in [0.3, 0.4) is 0 Å². The number of nitrogens with one attached hydrogen (secondary N) is 1. The smallest absolute Gasteiger partial charge is 0.109 e. The number of ether oxygens (including phenoxy) is 1. The molecule has 3 nitrogen and oxygen atoms in total. The first kappa shape index (κ1) is 11.7. The van der Waals surface area contributed by atoms with Crippen LogP contribution in [0.1, 0.15) is 12.7 Å². The Morgan fingerprint density at radius 3 is 2.81 bits per heavy atom. The molecule has 0 saturated carbocycles. The van der Waals surface area contributed by atoms with E-state index in [1.165, 1.54) is 0 Å². The summed E-state index contributed by atoms with van der Waals surface area (Å²) < 4.78 is 5.27. The van der Waals surface area contributed by atoms with Crippen LogP contribution in [0.5, 0.6) is 0 Å². The van der Waals surface area contributed by atoms with Crippen LogP contribution in [0.4, 0.5) is 0 Å². The molecule has 0 unspecified atom stereocenters. The van der Waals surface area contributed by atoms with E-state index in [1.807, 2.05) is 6.92 Å². The van der Waals surface area contributed by atoms with Gasteiger partial charge in [0.05, 0.1) is 27.7 Å². The molecule has 0 fully saturated rings. The predicted octanol–water partition coefficient (Wildman–Crippen LogP) is 3.45. The van der Waals surface area contributed by atoms with E-state index in [1.54, 1.807) is 12.1 Å². The summed E-state index contributed by atoms with van der Waals surface area (Å²) in [6.45, 7) is 3.36. The number of hydrogen-bond donors (Lipinski definition) is 1. The topological polar surface area (TPSA) is 37.9 Å². The second kappa shape index (κ2) is 5.04. The molecule has 0 spiro atoms. The maximum absolute atomic E-state index is 5.92. The standard InChI is InChI=1S/C11H12Cl2N2O/c1-2-16-4-3-11-14-9-5-7(12)8(13)6-10(9)15-11/h5-6H,2-4H2,1H3,(H,14,15). The van der Waals surface area contributed by atoms with Gasteiger partial charge in [0.15, 0.2) is 0 Å². The summed E-state index contributed by atoms with van der Waals surface area (Å²) >= 11 is 11.8. The Balaban J connectivity index is 2.23. The third kappa shape index (κ3) is 2.48. The highest BCUT2D eigenvalue weighted by Crippen LogP contribution is 2.26. The van der Waals surface area contributed by atoms with Crippen LogP contribution in [-0.4, -0.2) is 23.2 Å². The van der Waals surface area contributed by atoms with Gasteiger partial charge in [0.2, 0.25) is 0 Å². The zero-order valence-corrected chi connectivity index (χ0v) is 10.4. The molecule has 0 aliphatic heterocycles. The van der Waals surface area contributed by atoms with E-state index < -0.39 is 0 Å². The molecular formula is C11H12Cl2N2O. The molecule has 0 atom stereocenters. The minimum atomic E-state index is 0.525. The molecule has 1 N–H and O–H groups in total. The molecule has 0 bridgehead atoms. The number of rotatable bonds is 4. The van der Waals surface area contributed by atoms with Crippen molar-refractivity contribution in [2.24, 2.45) is 0 Å². The molecule has 1 aromatic heterocycles. The summed E-state index contributed by atoms with van der Waals surface area (Å²) in [7, 11) is 0. The van der Waals surface area contributed by atoms with E-state index in [4.69, 9.17) is 27.9 Å². The van der Waals surface area contributed by atoms with E-state index in [-0.39, 0.29) is 0 Å². The zero-order valence-electron chi connectivity index (χ0n) is 8.89. The summed E-state index contributed by atoms with van der Waals surface area (Å²) in [5, 5.41) is 1.06. The van der Waals surface area contributed by atoms with E-state index in [0.717, 1.165) is 29.9 Å². The SMILES string of the molecule is CCOCCc1nc2cc(Cl)c(Cl)cc2[nH]1. The Hall–Kier alpha value is -0.770. The number of halogens is 2. The van der Waals surface area contributed by atoms with Crippen molar-refractivity contribution in [2.75, 3.05) is 13.2 Å². The summed E-state index contributed by atoms with van der Waals surface area (Å²) in [5.41, 5.74) is 1.74. The summed E-state index contributed by atoms with van der Waals surface area (Å²) in [5.74, 6) is 0.891. The number of H-pyrrole nitrogens is 1. The van der Waals surface area contributed by atoms with Crippen LogP contribution in [0.2, 0.25) is 10.0 Å². The molecule has 16 heavy (non-hydrogen) atoms. The molecule has 5 heteroatoms. The molecular weight excluding hydrogens is 247 g/mol. The molecule has 0 radical (unpaired) electrons. The molecule has 0 aliphatic rings. The van der Waals surface area contributed by atoms with Crippen LogP contribution >= 0.6 is 23.2 Å². The highest BCUT2D eigenvalue weighted by molar-refractivity contribution is 6.42. The first-order valence-corrected chi connectivity index (χ1v) is 5.87. The van der Waals surface area contributed by atoms with Crippen molar-refractivity contribution in [2.45, 2.75) is 13.3 Å². The zero-order chi connectivity index (χ0) is 11.5. The van der Waals surface area contributed by atoms with Gasteiger partial charge in [-0.3, -0.25) is 0 Å². The third-order valence-electron chi connectivity index (χ3n) is 2.26. The minimum absolute atomic E-state index is 0.525. The van der Waals surface area contributed by atoms with E-state index in [0.29, 0.717) is 16.7 Å². The molecule has 1 aromatic carbocycles. The second-order valence-electron chi connectivity index (χ2n) is 3.41. The average Bonchev–Trinajstić information content (AvgIpc) is 2.61. The molecule has 0 aliphatic carbocycles. The molecule has 1 heterocycles. The van der Waals surface area contributed by atoms with Gasteiger partial charge in [0.25, 0.3) is 0 Å². The Morgan fingerprint density at radius 2 is 2.06 bits per heavy atom. The number of imidazole rings is 1. The van der Waals surface area contributed by atoms with Crippen molar-refractivity contribution in [1.82, 2.24) is 9.97 Å². The van der Waals surface area contributed by atoms with Crippen molar-refractivity contribution in [1.29, 1.82) is 0 Å². The average molecular weight is 259 g/mol. The van der Waals surface area contributed by atoms with E-state index in [2.05, 4.69) is 9.97 Å². The highest BCUT2D eigenvalue weighted by atomic mass is 35.5. The van der Waals surface area contributed by atoms with Crippen molar-refractivity contribution in [3.63, 3.8) is 0 Å². The molecule has 0 amide bonds. The second-order valence-corrected chi connectivity index (χ2v) is 4.23. The van der Waals surface area contributed by atoms with Crippen LogP contribution < -0.4 is 0 Å². The van der Waals surface area contributed by atoms with Crippen molar-refractivity contribution < 1.29 is 4.74 Å². The fourth-order valence-corrected chi connectivity index (χ4v) is 1.81. The van der Waals surface area contributed by atoms with Crippen molar-refractivity contribution in [3.8, 4) is 0 Å². The van der Waals surface area contributed by atoms with Crippen LogP contribution in [0, 0.1) is 0 Å². The highest BCUT2D eigenvalue weighted by Gasteiger charge is 2.06. The normalized spacial score (nSPS) is 11.2. The Kier molecular flexibility index (Phi) is 3.69. The van der Waals surface area contributed by atoms with Crippen molar-refractivity contribution >= 4 is 34.2 Å². The Morgan fingerprint density at radius 1 is 1.31 bits per heavy atom. The number of aromatic nitrogens is 2. The lowest BCUT2D eigenvalue weighted by atomic mass is 10.3. The quantitative estimate of drug-likeness (QED) is 0.854. The van der Waals surface area contributed by atoms with Gasteiger partial charge in [-0.15, -0.1) is 0 Å². The van der Waals surface area contributed by atoms with Crippen LogP contribution in [0.15, 0.2) is 12.1 Å². The summed E-state index contributed by atoms with van der Waals surface area (Å²) in [6, 6.07) is 3.55. The van der Waals surface area contributed by atoms with E-state index in [9.17, 15) is 0 Å². The Labute approximate surface area is 104 Å². The molecule has 0 saturated heterocycles. The van der Waals surface area contributed by atoms with Gasteiger partial charge in [0, 0.05) is 13.0 Å². The van der Waals surface area contributed by atoms with Crippen LogP contribution in [0.25, 0.3) is 11.0 Å². The molecule has 86 valence electrons. The fraction of sp³-hybridized carbons (Fsp3) is 0.364. The number of nitrogens with zero attached hydrogens (tertiary/aromatic N) is 1. The first-order valence-electron chi connectivity index (χ1n) is 5.12. The van der Waals surface area contributed by atoms with Gasteiger partial charge in [-0.2, -0.15) is 0 Å². The largest absolute Gasteiger partial charge is 0.381 e. The third-order valence-corrected chi connectivity index (χ3v) is 2.98. The van der Waals surface area contributed by atoms with Gasteiger partial charge < -0.3 is 9.72 Å². The van der Waals surface area contributed by atoms with Crippen LogP contribution in [-0.2, 0) is 11.2 Å². The summed E-state index contributed by atoms with van der Waals surface area (Å²) in [4.78, 5) is 7.60. The van der Waals surface area contributed by atoms with Crippen molar-refractivity contribution in [3.05, 3.63) is 28.0 Å². The van der Waals surface area contributed by atoms with Gasteiger partial charge in [-0.25, -0.2) is 4.98 Å². The molecule has 2 aromatic rings. The van der Waals surface area contributed by atoms with Gasteiger partial charge in [0.1, 0.15) is 5.82 Å². The van der Waals surface area contributed by atoms with Gasteiger partial charge in [-0.05, 0) is 19.1 Å². The predicted molar refractivity (Wildman–Crippen MR) is 66.3 cm³/mol. The monoisotopic (exact) mass is 258 g/mol. The lowest BCUT2D eigenvalue weighted by Crippen LogP contribution is -1.99. The minimum Gasteiger partial charge on any atom is -0.381 e. The summed E-state index contributed by atoms with van der Waals surface area (Å²) in [6.07, 6.45) is 0.762. The number of fused-ring (bicyclic) bond motifs is 1. The number of aromatic amines is 1.